The Morgan fingerprint density at radius 2 is 2.18 bits per heavy atom. The van der Waals surface area contributed by atoms with E-state index in [0.29, 0.717) is 25.5 Å². The van der Waals surface area contributed by atoms with Crippen molar-refractivity contribution >= 4 is 38.7 Å². The van der Waals surface area contributed by atoms with Crippen molar-refractivity contribution in [2.45, 2.75) is 32.5 Å². The van der Waals surface area contributed by atoms with Gasteiger partial charge < -0.3 is 25.8 Å². The van der Waals surface area contributed by atoms with Crippen molar-refractivity contribution in [2.24, 2.45) is 0 Å². The van der Waals surface area contributed by atoms with Crippen LogP contribution in [0.15, 0.2) is 24.5 Å². The van der Waals surface area contributed by atoms with E-state index in [1.807, 2.05) is 10.6 Å². The molecule has 1 aliphatic heterocycles. The molecular weight excluding hydrogens is 440 g/mol. The second-order valence-electron chi connectivity index (χ2n) is 8.15. The van der Waals surface area contributed by atoms with Crippen molar-refractivity contribution in [3.63, 3.8) is 0 Å². The molecular formula is C23H26N6O3S. The number of nitrogens with zero attached hydrogens (tertiary/aromatic N) is 3. The third kappa shape index (κ3) is 3.69. The number of aryl methyl sites for hydroxylation is 1. The first-order valence-electron chi connectivity index (χ1n) is 10.7. The monoisotopic (exact) mass is 466 g/mol. The first-order valence-corrected chi connectivity index (χ1v) is 11.5. The normalized spacial score (nSPS) is 16.1. The molecule has 4 N–H and O–H groups in total. The molecule has 1 atom stereocenters. The van der Waals surface area contributed by atoms with Crippen molar-refractivity contribution < 1.29 is 14.3 Å². The summed E-state index contributed by atoms with van der Waals surface area (Å²) in [5.74, 6) is 1.25. The smallest absolute Gasteiger partial charge is 0.237 e. The Bertz CT molecular complexity index is 1360. The van der Waals surface area contributed by atoms with Crippen LogP contribution < -0.4 is 21.1 Å². The first-order chi connectivity index (χ1) is 16.0. The Morgan fingerprint density at radius 1 is 1.33 bits per heavy atom. The van der Waals surface area contributed by atoms with Crippen molar-refractivity contribution in [3.05, 3.63) is 41.3 Å². The average molecular weight is 467 g/mol. The van der Waals surface area contributed by atoms with Crippen molar-refractivity contribution in [1.29, 1.82) is 0 Å². The molecule has 1 aliphatic rings. The number of rotatable bonds is 7. The van der Waals surface area contributed by atoms with Crippen molar-refractivity contribution in [2.75, 3.05) is 26.5 Å². The van der Waals surface area contributed by atoms with Gasteiger partial charge in [-0.2, -0.15) is 5.10 Å². The van der Waals surface area contributed by atoms with Crippen LogP contribution in [0.2, 0.25) is 0 Å². The number of aromatic nitrogens is 3. The average Bonchev–Trinajstić information content (AvgIpc) is 3.48. The van der Waals surface area contributed by atoms with E-state index >= 15 is 0 Å². The zero-order chi connectivity index (χ0) is 23.1. The fourth-order valence-corrected chi connectivity index (χ4v) is 5.72. The van der Waals surface area contributed by atoms with Crippen LogP contribution in [-0.2, 0) is 22.7 Å². The number of hydrogen-bond donors (Lipinski definition) is 3. The van der Waals surface area contributed by atoms with Gasteiger partial charge in [0.25, 0.3) is 0 Å². The van der Waals surface area contributed by atoms with Gasteiger partial charge >= 0.3 is 0 Å². The van der Waals surface area contributed by atoms with Gasteiger partial charge in [0.2, 0.25) is 5.91 Å². The minimum atomic E-state index is -0.231. The molecule has 1 fully saturated rings. The van der Waals surface area contributed by atoms with Crippen LogP contribution in [0.4, 0.5) is 5.82 Å². The molecule has 0 radical (unpaired) electrons. The summed E-state index contributed by atoms with van der Waals surface area (Å²) in [6.45, 7) is 3.55. The summed E-state index contributed by atoms with van der Waals surface area (Å²) < 4.78 is 14.1. The zero-order valence-electron chi connectivity index (χ0n) is 18.8. The zero-order valence-corrected chi connectivity index (χ0v) is 19.6. The van der Waals surface area contributed by atoms with Crippen LogP contribution in [0.1, 0.15) is 23.2 Å². The van der Waals surface area contributed by atoms with E-state index in [0.717, 1.165) is 55.0 Å². The molecule has 10 heteroatoms. The summed E-state index contributed by atoms with van der Waals surface area (Å²) in [5, 5.41) is 11.8. The number of nitrogens with one attached hydrogen (secondary N) is 2. The lowest BCUT2D eigenvalue weighted by Gasteiger charge is -2.11. The third-order valence-corrected chi connectivity index (χ3v) is 7.19. The van der Waals surface area contributed by atoms with Crippen LogP contribution >= 0.6 is 11.3 Å². The summed E-state index contributed by atoms with van der Waals surface area (Å²) in [6.07, 6.45) is 2.20. The topological polar surface area (TPSA) is 116 Å². The maximum Gasteiger partial charge on any atom is 0.237 e. The van der Waals surface area contributed by atoms with Crippen molar-refractivity contribution in [1.82, 2.24) is 25.2 Å². The van der Waals surface area contributed by atoms with Gasteiger partial charge in [-0.25, -0.2) is 9.50 Å². The molecule has 1 aromatic carbocycles. The first kappa shape index (κ1) is 21.6. The highest BCUT2D eigenvalue weighted by Crippen LogP contribution is 2.44. The van der Waals surface area contributed by atoms with Gasteiger partial charge in [-0.05, 0) is 36.4 Å². The molecule has 1 saturated heterocycles. The minimum Gasteiger partial charge on any atom is -0.495 e. The van der Waals surface area contributed by atoms with Crippen LogP contribution in [0.5, 0.6) is 5.75 Å². The lowest BCUT2D eigenvalue weighted by atomic mass is 10.1. The molecule has 3 aromatic heterocycles. The molecule has 5 rings (SSSR count). The molecule has 9 nitrogen and oxygen atoms in total. The van der Waals surface area contributed by atoms with Gasteiger partial charge in [0.1, 0.15) is 17.6 Å². The Hall–Kier alpha value is -3.21. The van der Waals surface area contributed by atoms with E-state index in [-0.39, 0.29) is 11.9 Å². The lowest BCUT2D eigenvalue weighted by Crippen LogP contribution is -2.36. The predicted molar refractivity (Wildman–Crippen MR) is 128 cm³/mol. The summed E-state index contributed by atoms with van der Waals surface area (Å²) in [4.78, 5) is 17.4. The number of benzene rings is 1. The highest BCUT2D eigenvalue weighted by atomic mass is 32.1. The molecule has 33 heavy (non-hydrogen) atoms. The number of nitrogens with two attached hydrogens (primary N) is 1. The van der Waals surface area contributed by atoms with Crippen LogP contribution in [0.25, 0.3) is 26.0 Å². The summed E-state index contributed by atoms with van der Waals surface area (Å²) in [5.41, 5.74) is 11.1. The number of methoxy groups -OCH3 is 2. The summed E-state index contributed by atoms with van der Waals surface area (Å²) >= 11 is 1.64. The van der Waals surface area contributed by atoms with Gasteiger partial charge in [0.15, 0.2) is 5.82 Å². The van der Waals surface area contributed by atoms with E-state index in [4.69, 9.17) is 15.2 Å². The maximum absolute atomic E-state index is 12.1. The molecule has 1 amide bonds. The summed E-state index contributed by atoms with van der Waals surface area (Å²) in [7, 11) is 3.35. The van der Waals surface area contributed by atoms with Crippen LogP contribution in [-0.4, -0.2) is 47.3 Å². The Labute approximate surface area is 194 Å². The van der Waals surface area contributed by atoms with Crippen LogP contribution in [0.3, 0.4) is 0 Å². The number of ether oxygens (including phenoxy) is 2. The number of carbonyl (C=O) groups is 1. The fourth-order valence-electron chi connectivity index (χ4n) is 4.52. The molecule has 0 aliphatic carbocycles. The molecule has 172 valence electrons. The molecule has 0 spiro atoms. The standard InChI is InChI=1S/C23H26N6O3S/c1-12-6-13-8-18(33-21(13)17(7-12)32-3)19-14(10-31-2)16(9-26-15-4-5-25-23(15)30)29-20(19)22(24)27-11-28-29/h6-8,11,15,26H,4-5,9-10H2,1-3H3,(H,25,30)(H2,24,27,28). The lowest BCUT2D eigenvalue weighted by molar-refractivity contribution is -0.120. The van der Waals surface area contributed by atoms with E-state index in [9.17, 15) is 4.79 Å². The number of nitrogen functional groups attached to an aromatic ring is 1. The predicted octanol–water partition coefficient (Wildman–Crippen LogP) is 2.63. The summed E-state index contributed by atoms with van der Waals surface area (Å²) in [6, 6.07) is 6.10. The van der Waals surface area contributed by atoms with E-state index in [1.165, 1.54) is 6.33 Å². The van der Waals surface area contributed by atoms with E-state index in [2.05, 4.69) is 39.8 Å². The Kier molecular flexibility index (Phi) is 5.65. The Balaban J connectivity index is 1.70. The number of amides is 1. The SMILES string of the molecule is COCc1c(-c2cc3cc(C)cc(OC)c3s2)c2c(N)ncnn2c1CNC1CCNC1=O. The van der Waals surface area contributed by atoms with Gasteiger partial charge in [0, 0.05) is 36.2 Å². The second kappa shape index (κ2) is 8.62. The fraction of sp³-hybridized carbons (Fsp3) is 0.348. The number of fused-ring (bicyclic) bond motifs is 2. The molecule has 0 saturated carbocycles. The molecule has 4 heterocycles. The molecule has 0 bridgehead atoms. The minimum absolute atomic E-state index is 0.0190. The van der Waals surface area contributed by atoms with Gasteiger partial charge in [-0.1, -0.05) is 6.07 Å². The highest BCUT2D eigenvalue weighted by Gasteiger charge is 2.27. The van der Waals surface area contributed by atoms with E-state index < -0.39 is 0 Å². The highest BCUT2D eigenvalue weighted by molar-refractivity contribution is 7.22. The van der Waals surface area contributed by atoms with Gasteiger partial charge in [-0.15, -0.1) is 11.3 Å². The second-order valence-corrected chi connectivity index (χ2v) is 9.20. The number of anilines is 1. The molecule has 4 aromatic rings. The molecule has 1 unspecified atom stereocenters. The van der Waals surface area contributed by atoms with Gasteiger partial charge in [0.05, 0.1) is 30.2 Å². The Morgan fingerprint density at radius 3 is 2.91 bits per heavy atom. The quantitative estimate of drug-likeness (QED) is 0.383. The maximum atomic E-state index is 12.1. The third-order valence-electron chi connectivity index (χ3n) is 6.01. The van der Waals surface area contributed by atoms with Gasteiger partial charge in [-0.3, -0.25) is 4.79 Å². The number of hydrogen-bond acceptors (Lipinski definition) is 8. The van der Waals surface area contributed by atoms with Crippen LogP contribution in [0, 0.1) is 6.92 Å². The number of thiophene rings is 1. The van der Waals surface area contributed by atoms with Crippen molar-refractivity contribution in [3.8, 4) is 16.2 Å². The largest absolute Gasteiger partial charge is 0.495 e. The number of carbonyl (C=O) groups excluding carboxylic acids is 1. The van der Waals surface area contributed by atoms with E-state index in [1.54, 1.807) is 25.6 Å².